The quantitative estimate of drug-likeness (QED) is 0.785. The van der Waals surface area contributed by atoms with Gasteiger partial charge in [-0.1, -0.05) is 18.2 Å². The lowest BCUT2D eigenvalue weighted by Crippen LogP contribution is -2.29. The van der Waals surface area contributed by atoms with Crippen LogP contribution in [0.3, 0.4) is 0 Å². The van der Waals surface area contributed by atoms with Crippen LogP contribution in [0, 0.1) is 0 Å². The highest BCUT2D eigenvalue weighted by Gasteiger charge is 2.16. The second kappa shape index (κ2) is 6.81. The van der Waals surface area contributed by atoms with Crippen molar-refractivity contribution in [3.8, 4) is 0 Å². The van der Waals surface area contributed by atoms with Gasteiger partial charge in [-0.3, -0.25) is 0 Å². The molecule has 0 saturated carbocycles. The smallest absolute Gasteiger partial charge is 0.374 e. The summed E-state index contributed by atoms with van der Waals surface area (Å²) >= 11 is 0. The third-order valence-corrected chi connectivity index (χ3v) is 2.99. The molecule has 0 unspecified atom stereocenters. The van der Waals surface area contributed by atoms with E-state index in [1.807, 2.05) is 23.1 Å². The van der Waals surface area contributed by atoms with Gasteiger partial charge in [0.25, 0.3) is 0 Å². The second-order valence-corrected chi connectivity index (χ2v) is 4.42. The molecule has 2 rings (SSSR count). The van der Waals surface area contributed by atoms with Gasteiger partial charge in [-0.05, 0) is 12.1 Å². The average Bonchev–Trinajstić information content (AvgIpc) is 2.50. The number of hydrogen-bond acceptors (Lipinski definition) is 5. The van der Waals surface area contributed by atoms with Gasteiger partial charge in [0.2, 0.25) is 5.82 Å². The molecule has 0 amide bonds. The molecule has 6 heteroatoms. The van der Waals surface area contributed by atoms with Gasteiger partial charge in [-0.15, -0.1) is 6.58 Å². The summed E-state index contributed by atoms with van der Waals surface area (Å²) in [6.45, 7) is 5.37. The van der Waals surface area contributed by atoms with Crippen LogP contribution in [-0.4, -0.2) is 47.8 Å². The summed E-state index contributed by atoms with van der Waals surface area (Å²) in [7, 11) is 1.62. The van der Waals surface area contributed by atoms with E-state index in [0.29, 0.717) is 31.0 Å². The lowest BCUT2D eigenvalue weighted by molar-refractivity contribution is 0.0684. The van der Waals surface area contributed by atoms with Crippen LogP contribution in [0.25, 0.3) is 10.9 Å². The van der Waals surface area contributed by atoms with Crippen molar-refractivity contribution in [3.63, 3.8) is 0 Å². The summed E-state index contributed by atoms with van der Waals surface area (Å²) in [4.78, 5) is 21.4. The number of methoxy groups -OCH3 is 1. The molecular formula is C15H17N3O3. The van der Waals surface area contributed by atoms with Gasteiger partial charge in [0.05, 0.1) is 12.1 Å². The van der Waals surface area contributed by atoms with Gasteiger partial charge in [-0.2, -0.15) is 0 Å². The van der Waals surface area contributed by atoms with Gasteiger partial charge in [0.1, 0.15) is 5.82 Å². The second-order valence-electron chi connectivity index (χ2n) is 4.42. The molecule has 0 radical (unpaired) electrons. The van der Waals surface area contributed by atoms with Crippen molar-refractivity contribution in [2.75, 3.05) is 31.7 Å². The monoisotopic (exact) mass is 287 g/mol. The fraction of sp³-hybridized carbons (Fsp3) is 0.267. The maximum Gasteiger partial charge on any atom is 0.374 e. The molecular weight excluding hydrogens is 270 g/mol. The maximum atomic E-state index is 11.2. The van der Waals surface area contributed by atoms with Crippen molar-refractivity contribution in [2.45, 2.75) is 0 Å². The van der Waals surface area contributed by atoms with Crippen LogP contribution in [0.5, 0.6) is 0 Å². The van der Waals surface area contributed by atoms with E-state index in [2.05, 4.69) is 16.5 Å². The number of rotatable bonds is 7. The number of fused-ring (bicyclic) bond motifs is 1. The van der Waals surface area contributed by atoms with Gasteiger partial charge in [0.15, 0.2) is 0 Å². The molecule has 1 N–H and O–H groups in total. The van der Waals surface area contributed by atoms with Crippen molar-refractivity contribution >= 4 is 22.7 Å². The van der Waals surface area contributed by atoms with Gasteiger partial charge < -0.3 is 14.7 Å². The molecule has 1 aromatic carbocycles. The van der Waals surface area contributed by atoms with Gasteiger partial charge >= 0.3 is 5.97 Å². The van der Waals surface area contributed by atoms with E-state index in [9.17, 15) is 4.79 Å². The molecule has 0 aliphatic heterocycles. The van der Waals surface area contributed by atoms with E-state index in [4.69, 9.17) is 9.84 Å². The minimum atomic E-state index is -1.15. The van der Waals surface area contributed by atoms with Crippen LogP contribution in [0.4, 0.5) is 5.82 Å². The zero-order chi connectivity index (χ0) is 15.2. The van der Waals surface area contributed by atoms with Crippen LogP contribution in [0.1, 0.15) is 10.6 Å². The van der Waals surface area contributed by atoms with Crippen molar-refractivity contribution < 1.29 is 14.6 Å². The van der Waals surface area contributed by atoms with Crippen molar-refractivity contribution in [2.24, 2.45) is 0 Å². The Bertz CT molecular complexity index is 658. The van der Waals surface area contributed by atoms with Crippen molar-refractivity contribution in [1.29, 1.82) is 0 Å². The number of hydrogen-bond donors (Lipinski definition) is 1. The lowest BCUT2D eigenvalue weighted by Gasteiger charge is -2.23. The topological polar surface area (TPSA) is 75.5 Å². The van der Waals surface area contributed by atoms with E-state index < -0.39 is 5.97 Å². The first-order chi connectivity index (χ1) is 10.2. The summed E-state index contributed by atoms with van der Waals surface area (Å²) in [5.41, 5.74) is 0.603. The molecule has 0 saturated heterocycles. The van der Waals surface area contributed by atoms with Crippen LogP contribution in [-0.2, 0) is 4.74 Å². The lowest BCUT2D eigenvalue weighted by atomic mass is 10.2. The molecule has 0 aliphatic carbocycles. The zero-order valence-electron chi connectivity index (χ0n) is 11.8. The Labute approximate surface area is 122 Å². The predicted octanol–water partition coefficient (Wildman–Crippen LogP) is 1.97. The number of aromatic carboxylic acids is 1. The van der Waals surface area contributed by atoms with Crippen molar-refractivity contribution in [1.82, 2.24) is 9.97 Å². The van der Waals surface area contributed by atoms with Crippen molar-refractivity contribution in [3.05, 3.63) is 42.7 Å². The first-order valence-electron chi connectivity index (χ1n) is 6.52. The maximum absolute atomic E-state index is 11.2. The van der Waals surface area contributed by atoms with E-state index >= 15 is 0 Å². The Morgan fingerprint density at radius 2 is 2.19 bits per heavy atom. The number of carboxylic acids is 1. The average molecular weight is 287 g/mol. The van der Waals surface area contributed by atoms with E-state index in [1.165, 1.54) is 0 Å². The Kier molecular flexibility index (Phi) is 4.84. The molecule has 2 aromatic rings. The molecule has 6 nitrogen and oxygen atoms in total. The summed E-state index contributed by atoms with van der Waals surface area (Å²) in [6.07, 6.45) is 1.74. The van der Waals surface area contributed by atoms with E-state index in [0.717, 1.165) is 5.39 Å². The fourth-order valence-corrected chi connectivity index (χ4v) is 2.04. The Hall–Kier alpha value is -2.47. The normalized spacial score (nSPS) is 10.5. The largest absolute Gasteiger partial charge is 0.475 e. The van der Waals surface area contributed by atoms with Crippen LogP contribution in [0.15, 0.2) is 36.9 Å². The number of carbonyl (C=O) groups is 1. The predicted molar refractivity (Wildman–Crippen MR) is 80.8 cm³/mol. The zero-order valence-corrected chi connectivity index (χ0v) is 11.8. The molecule has 1 heterocycles. The fourth-order valence-electron chi connectivity index (χ4n) is 2.04. The molecule has 1 aromatic heterocycles. The molecule has 21 heavy (non-hydrogen) atoms. The number of aromatic nitrogens is 2. The first-order valence-corrected chi connectivity index (χ1v) is 6.52. The molecule has 0 fully saturated rings. The highest BCUT2D eigenvalue weighted by Crippen LogP contribution is 2.23. The van der Waals surface area contributed by atoms with E-state index in [1.54, 1.807) is 19.3 Å². The van der Waals surface area contributed by atoms with Crippen LogP contribution < -0.4 is 4.90 Å². The standard InChI is InChI=1S/C15H17N3O3/c1-3-8-18(9-10-21-2)14-11-6-4-5-7-12(11)16-13(17-14)15(19)20/h3-7H,1,8-10H2,2H3,(H,19,20). The number of carboxylic acid groups (broad SMARTS) is 1. The number of ether oxygens (including phenoxy) is 1. The molecule has 0 bridgehead atoms. The SMILES string of the molecule is C=CCN(CCOC)c1nc(C(=O)O)nc2ccccc12. The molecule has 0 atom stereocenters. The van der Waals surface area contributed by atoms with Gasteiger partial charge in [0, 0.05) is 25.6 Å². The third kappa shape index (κ3) is 3.35. The van der Waals surface area contributed by atoms with Gasteiger partial charge in [-0.25, -0.2) is 14.8 Å². The van der Waals surface area contributed by atoms with Crippen LogP contribution in [0.2, 0.25) is 0 Å². The highest BCUT2D eigenvalue weighted by molar-refractivity contribution is 5.93. The summed E-state index contributed by atoms with van der Waals surface area (Å²) < 4.78 is 5.09. The molecule has 0 aliphatic rings. The summed E-state index contributed by atoms with van der Waals surface area (Å²) in [5, 5.41) is 9.97. The molecule has 110 valence electrons. The third-order valence-electron chi connectivity index (χ3n) is 2.99. The first kappa shape index (κ1) is 14.9. The minimum absolute atomic E-state index is 0.213. The van der Waals surface area contributed by atoms with Crippen LogP contribution >= 0.6 is 0 Å². The minimum Gasteiger partial charge on any atom is -0.475 e. The Morgan fingerprint density at radius 3 is 2.86 bits per heavy atom. The highest BCUT2D eigenvalue weighted by atomic mass is 16.5. The Morgan fingerprint density at radius 1 is 1.43 bits per heavy atom. The van der Waals surface area contributed by atoms with E-state index in [-0.39, 0.29) is 5.82 Å². The summed E-state index contributed by atoms with van der Waals surface area (Å²) in [6, 6.07) is 7.34. The number of nitrogens with zero attached hydrogens (tertiary/aromatic N) is 3. The Balaban J connectivity index is 2.57. The number of benzene rings is 1. The number of para-hydroxylation sites is 1. The molecule has 0 spiro atoms. The number of anilines is 1. The summed E-state index contributed by atoms with van der Waals surface area (Å²) in [5.74, 6) is -0.780.